The van der Waals surface area contributed by atoms with Gasteiger partial charge in [-0.25, -0.2) is 4.39 Å². The molecule has 1 fully saturated rings. The lowest BCUT2D eigenvalue weighted by Gasteiger charge is -2.05. The van der Waals surface area contributed by atoms with Crippen molar-refractivity contribution in [2.45, 2.75) is 25.8 Å². The molecule has 0 amide bonds. The predicted molar refractivity (Wildman–Crippen MR) is 58.6 cm³/mol. The maximum absolute atomic E-state index is 13.7. The van der Waals surface area contributed by atoms with E-state index in [0.29, 0.717) is 4.47 Å². The maximum Gasteiger partial charge on any atom is 0.140 e. The van der Waals surface area contributed by atoms with Crippen LogP contribution in [0, 0.1) is 11.2 Å². The van der Waals surface area contributed by atoms with Crippen LogP contribution in [0.3, 0.4) is 0 Å². The summed E-state index contributed by atoms with van der Waals surface area (Å²) in [6.07, 6.45) is 0. The van der Waals surface area contributed by atoms with Crippen molar-refractivity contribution in [3.63, 3.8) is 0 Å². The first-order valence-corrected chi connectivity index (χ1v) is 5.45. The van der Waals surface area contributed by atoms with Crippen LogP contribution in [0.15, 0.2) is 22.7 Å². The summed E-state index contributed by atoms with van der Waals surface area (Å²) in [7, 11) is 0. The van der Waals surface area contributed by atoms with Crippen LogP contribution < -0.4 is 5.73 Å². The third kappa shape index (κ3) is 1.30. The Hall–Kier alpha value is -0.410. The van der Waals surface area contributed by atoms with Crippen LogP contribution in [0.2, 0.25) is 0 Å². The largest absolute Gasteiger partial charge is 0.327 e. The van der Waals surface area contributed by atoms with Crippen molar-refractivity contribution in [1.29, 1.82) is 0 Å². The van der Waals surface area contributed by atoms with Gasteiger partial charge in [0.1, 0.15) is 5.82 Å². The maximum atomic E-state index is 13.7. The van der Waals surface area contributed by atoms with Crippen LogP contribution in [0.4, 0.5) is 4.39 Å². The fraction of sp³-hybridized carbons (Fsp3) is 0.455. The molecule has 76 valence electrons. The molecule has 1 aromatic carbocycles. The van der Waals surface area contributed by atoms with E-state index >= 15 is 0 Å². The van der Waals surface area contributed by atoms with Crippen molar-refractivity contribution in [1.82, 2.24) is 0 Å². The molecular formula is C11H13BrFN. The minimum Gasteiger partial charge on any atom is -0.327 e. The Labute approximate surface area is 91.6 Å². The summed E-state index contributed by atoms with van der Waals surface area (Å²) < 4.78 is 14.2. The Morgan fingerprint density at radius 1 is 1.43 bits per heavy atom. The summed E-state index contributed by atoms with van der Waals surface area (Å²) in [4.78, 5) is 0. The molecule has 0 radical (unpaired) electrons. The molecule has 14 heavy (non-hydrogen) atoms. The first-order valence-electron chi connectivity index (χ1n) is 4.65. The number of hydrogen-bond donors (Lipinski definition) is 1. The molecule has 2 N–H and O–H groups in total. The fourth-order valence-corrected chi connectivity index (χ4v) is 2.41. The van der Waals surface area contributed by atoms with Gasteiger partial charge in [0, 0.05) is 12.0 Å². The molecule has 0 spiro atoms. The number of halogens is 2. The standard InChI is InChI=1S/C11H13BrFN/c1-11(2)8(10(11)14)6-4-3-5-7(12)9(6)13/h3-5,8,10H,14H2,1-2H3/t8-,10-/m1/s1. The highest BCUT2D eigenvalue weighted by atomic mass is 79.9. The van der Waals surface area contributed by atoms with Gasteiger partial charge in [0.15, 0.2) is 0 Å². The Bertz CT molecular complexity index is 376. The minimum absolute atomic E-state index is 0.0294. The lowest BCUT2D eigenvalue weighted by atomic mass is 10.0. The smallest absolute Gasteiger partial charge is 0.140 e. The second kappa shape index (κ2) is 3.04. The molecule has 2 rings (SSSR count). The molecule has 0 aromatic heterocycles. The monoisotopic (exact) mass is 257 g/mol. The molecule has 0 unspecified atom stereocenters. The Morgan fingerprint density at radius 3 is 2.50 bits per heavy atom. The number of hydrogen-bond acceptors (Lipinski definition) is 1. The van der Waals surface area contributed by atoms with Gasteiger partial charge in [-0.2, -0.15) is 0 Å². The second-order valence-corrected chi connectivity index (χ2v) is 5.32. The third-order valence-corrected chi connectivity index (χ3v) is 3.84. The number of benzene rings is 1. The van der Waals surface area contributed by atoms with Crippen molar-refractivity contribution >= 4 is 15.9 Å². The van der Waals surface area contributed by atoms with Gasteiger partial charge in [0.05, 0.1) is 4.47 Å². The average Bonchev–Trinajstić information content (AvgIpc) is 2.59. The lowest BCUT2D eigenvalue weighted by molar-refractivity contribution is 0.568. The van der Waals surface area contributed by atoms with Gasteiger partial charge in [-0.05, 0) is 33.0 Å². The SMILES string of the molecule is CC1(C)[C@H](N)[C@H]1c1cccc(Br)c1F. The molecule has 0 heterocycles. The van der Waals surface area contributed by atoms with Gasteiger partial charge in [0.2, 0.25) is 0 Å². The Balaban J connectivity index is 2.40. The molecule has 1 saturated carbocycles. The second-order valence-electron chi connectivity index (χ2n) is 4.47. The van der Waals surface area contributed by atoms with Crippen LogP contribution in [0.25, 0.3) is 0 Å². The van der Waals surface area contributed by atoms with Crippen molar-refractivity contribution in [3.8, 4) is 0 Å². The molecule has 0 saturated heterocycles. The molecule has 1 aliphatic carbocycles. The highest BCUT2D eigenvalue weighted by molar-refractivity contribution is 9.10. The van der Waals surface area contributed by atoms with E-state index in [1.54, 1.807) is 6.07 Å². The van der Waals surface area contributed by atoms with E-state index in [1.807, 2.05) is 12.1 Å². The van der Waals surface area contributed by atoms with E-state index in [1.165, 1.54) is 0 Å². The summed E-state index contributed by atoms with van der Waals surface area (Å²) in [5.41, 5.74) is 6.68. The van der Waals surface area contributed by atoms with Gasteiger partial charge in [-0.15, -0.1) is 0 Å². The van der Waals surface area contributed by atoms with E-state index in [-0.39, 0.29) is 23.2 Å². The zero-order valence-electron chi connectivity index (χ0n) is 8.22. The van der Waals surface area contributed by atoms with Crippen LogP contribution in [0.1, 0.15) is 25.3 Å². The van der Waals surface area contributed by atoms with E-state index < -0.39 is 0 Å². The van der Waals surface area contributed by atoms with Crippen LogP contribution in [-0.4, -0.2) is 6.04 Å². The molecule has 3 heteroatoms. The summed E-state index contributed by atoms with van der Waals surface area (Å²) >= 11 is 3.18. The molecule has 1 aliphatic rings. The fourth-order valence-electron chi connectivity index (χ4n) is 2.03. The Morgan fingerprint density at radius 2 is 2.00 bits per heavy atom. The van der Waals surface area contributed by atoms with Crippen LogP contribution in [-0.2, 0) is 0 Å². The molecular weight excluding hydrogens is 245 g/mol. The molecule has 0 bridgehead atoms. The first kappa shape index (κ1) is 10.1. The van der Waals surface area contributed by atoms with Gasteiger partial charge in [0.25, 0.3) is 0 Å². The topological polar surface area (TPSA) is 26.0 Å². The third-order valence-electron chi connectivity index (χ3n) is 3.23. The van der Waals surface area contributed by atoms with E-state index in [2.05, 4.69) is 29.8 Å². The van der Waals surface area contributed by atoms with E-state index in [0.717, 1.165) is 5.56 Å². The van der Waals surface area contributed by atoms with Gasteiger partial charge in [-0.1, -0.05) is 26.0 Å². The van der Waals surface area contributed by atoms with Crippen LogP contribution >= 0.6 is 15.9 Å². The van der Waals surface area contributed by atoms with Crippen molar-refractivity contribution in [3.05, 3.63) is 34.1 Å². The summed E-state index contributed by atoms with van der Waals surface area (Å²) in [6, 6.07) is 5.45. The predicted octanol–water partition coefficient (Wildman–Crippen LogP) is 3.04. The molecule has 2 atom stereocenters. The summed E-state index contributed by atoms with van der Waals surface area (Å²) in [6.45, 7) is 4.14. The average molecular weight is 258 g/mol. The summed E-state index contributed by atoms with van der Waals surface area (Å²) in [5.74, 6) is -0.0153. The van der Waals surface area contributed by atoms with E-state index in [4.69, 9.17) is 5.73 Å². The molecule has 1 nitrogen and oxygen atoms in total. The quantitative estimate of drug-likeness (QED) is 0.823. The van der Waals surface area contributed by atoms with Gasteiger partial charge < -0.3 is 5.73 Å². The number of rotatable bonds is 1. The van der Waals surface area contributed by atoms with Gasteiger partial charge in [-0.3, -0.25) is 0 Å². The van der Waals surface area contributed by atoms with Crippen molar-refractivity contribution < 1.29 is 4.39 Å². The molecule has 1 aromatic rings. The molecule has 0 aliphatic heterocycles. The van der Waals surface area contributed by atoms with E-state index in [9.17, 15) is 4.39 Å². The highest BCUT2D eigenvalue weighted by Crippen LogP contribution is 2.58. The summed E-state index contributed by atoms with van der Waals surface area (Å²) in [5, 5.41) is 0. The lowest BCUT2D eigenvalue weighted by Crippen LogP contribution is -2.06. The highest BCUT2D eigenvalue weighted by Gasteiger charge is 2.57. The zero-order chi connectivity index (χ0) is 10.5. The van der Waals surface area contributed by atoms with Crippen molar-refractivity contribution in [2.75, 3.05) is 0 Å². The Kier molecular flexibility index (Phi) is 2.20. The van der Waals surface area contributed by atoms with Crippen molar-refractivity contribution in [2.24, 2.45) is 11.1 Å². The van der Waals surface area contributed by atoms with Gasteiger partial charge >= 0.3 is 0 Å². The normalized spacial score (nSPS) is 28.9. The number of nitrogens with two attached hydrogens (primary N) is 1. The zero-order valence-corrected chi connectivity index (χ0v) is 9.81. The first-order chi connectivity index (χ1) is 6.46. The minimum atomic E-state index is -0.168. The van der Waals surface area contributed by atoms with Crippen LogP contribution in [0.5, 0.6) is 0 Å².